The summed E-state index contributed by atoms with van der Waals surface area (Å²) in [4.78, 5) is 34.1. The van der Waals surface area contributed by atoms with Crippen LogP contribution in [0.3, 0.4) is 0 Å². The molecule has 0 fully saturated rings. The van der Waals surface area contributed by atoms with E-state index in [0.717, 1.165) is 17.5 Å². The number of amides is 2. The minimum atomic E-state index is -1.08. The summed E-state index contributed by atoms with van der Waals surface area (Å²) in [7, 11) is 0. The van der Waals surface area contributed by atoms with Crippen LogP contribution in [-0.4, -0.2) is 29.4 Å². The molecule has 0 saturated carbocycles. The average Bonchev–Trinajstić information content (AvgIpc) is 2.66. The Labute approximate surface area is 158 Å². The first-order valence-electron chi connectivity index (χ1n) is 8.91. The number of carboxylic acids is 1. The Kier molecular flexibility index (Phi) is 7.55. The molecule has 6 heteroatoms. The third-order valence-corrected chi connectivity index (χ3v) is 4.11. The Balaban J connectivity index is 1.78. The maximum atomic E-state index is 12.1. The fourth-order valence-corrected chi connectivity index (χ4v) is 2.55. The molecule has 3 N–H and O–H groups in total. The highest BCUT2D eigenvalue weighted by atomic mass is 16.4. The van der Waals surface area contributed by atoms with Crippen molar-refractivity contribution in [2.45, 2.75) is 32.6 Å². The van der Waals surface area contributed by atoms with E-state index in [0.29, 0.717) is 18.5 Å². The Morgan fingerprint density at radius 3 is 2.04 bits per heavy atom. The van der Waals surface area contributed by atoms with Crippen molar-refractivity contribution in [2.24, 2.45) is 0 Å². The molecule has 2 aromatic carbocycles. The standard InChI is InChI=1S/C21H24N2O4/c1-2-15-3-5-16(6-4-15)9-12-19(24)23-18-10-7-17(8-11-18)13-20(25)22-14-21(26)27/h3-8,10-11H,2,9,12-14H2,1H3,(H,22,25)(H,23,24)(H,26,27). The van der Waals surface area contributed by atoms with Crippen molar-refractivity contribution in [3.05, 3.63) is 65.2 Å². The highest BCUT2D eigenvalue weighted by Gasteiger charge is 2.07. The van der Waals surface area contributed by atoms with Crippen molar-refractivity contribution in [3.8, 4) is 0 Å². The minimum Gasteiger partial charge on any atom is -0.480 e. The third kappa shape index (κ3) is 7.32. The summed E-state index contributed by atoms with van der Waals surface area (Å²) in [6, 6.07) is 15.2. The van der Waals surface area contributed by atoms with E-state index in [4.69, 9.17) is 5.11 Å². The van der Waals surface area contributed by atoms with Crippen molar-refractivity contribution < 1.29 is 19.5 Å². The molecule has 0 atom stereocenters. The molecular formula is C21H24N2O4. The molecule has 2 aromatic rings. The molecule has 27 heavy (non-hydrogen) atoms. The van der Waals surface area contributed by atoms with Gasteiger partial charge in [0.25, 0.3) is 0 Å². The molecule has 2 rings (SSSR count). The predicted molar refractivity (Wildman–Crippen MR) is 104 cm³/mol. The minimum absolute atomic E-state index is 0.0680. The quantitative estimate of drug-likeness (QED) is 0.634. The topological polar surface area (TPSA) is 95.5 Å². The summed E-state index contributed by atoms with van der Waals surface area (Å²) in [6.07, 6.45) is 2.16. The van der Waals surface area contributed by atoms with Gasteiger partial charge in [-0.1, -0.05) is 43.3 Å². The number of nitrogens with one attached hydrogen (secondary N) is 2. The number of hydrogen-bond acceptors (Lipinski definition) is 3. The van der Waals surface area contributed by atoms with E-state index >= 15 is 0 Å². The molecule has 0 aliphatic rings. The maximum Gasteiger partial charge on any atom is 0.322 e. The van der Waals surface area contributed by atoms with Crippen molar-refractivity contribution in [1.82, 2.24) is 5.32 Å². The molecule has 0 bridgehead atoms. The van der Waals surface area contributed by atoms with Gasteiger partial charge in [0.1, 0.15) is 6.54 Å². The van der Waals surface area contributed by atoms with E-state index in [-0.39, 0.29) is 18.2 Å². The number of carboxylic acid groups (broad SMARTS) is 1. The van der Waals surface area contributed by atoms with Crippen LogP contribution < -0.4 is 10.6 Å². The molecule has 0 aliphatic carbocycles. The van der Waals surface area contributed by atoms with Gasteiger partial charge in [-0.25, -0.2) is 0 Å². The number of rotatable bonds is 9. The highest BCUT2D eigenvalue weighted by molar-refractivity contribution is 5.91. The number of benzene rings is 2. The number of anilines is 1. The van der Waals surface area contributed by atoms with Gasteiger partial charge in [-0.15, -0.1) is 0 Å². The van der Waals surface area contributed by atoms with E-state index in [2.05, 4.69) is 41.8 Å². The Morgan fingerprint density at radius 2 is 1.44 bits per heavy atom. The smallest absolute Gasteiger partial charge is 0.322 e. The maximum absolute atomic E-state index is 12.1. The van der Waals surface area contributed by atoms with Crippen LogP contribution in [0.2, 0.25) is 0 Å². The number of aliphatic carboxylic acids is 1. The lowest BCUT2D eigenvalue weighted by atomic mass is 10.1. The van der Waals surface area contributed by atoms with Gasteiger partial charge in [-0.05, 0) is 41.7 Å². The van der Waals surface area contributed by atoms with E-state index in [1.54, 1.807) is 24.3 Å². The summed E-state index contributed by atoms with van der Waals surface area (Å²) in [5.74, 6) is -1.51. The summed E-state index contributed by atoms with van der Waals surface area (Å²) in [5, 5.41) is 13.7. The summed E-state index contributed by atoms with van der Waals surface area (Å²) in [6.45, 7) is 1.71. The first-order valence-corrected chi connectivity index (χ1v) is 8.91. The number of carbonyl (C=O) groups excluding carboxylic acids is 2. The zero-order chi connectivity index (χ0) is 19.6. The lowest BCUT2D eigenvalue weighted by Gasteiger charge is -2.07. The zero-order valence-corrected chi connectivity index (χ0v) is 15.3. The van der Waals surface area contributed by atoms with Crippen LogP contribution in [0.4, 0.5) is 5.69 Å². The second kappa shape index (κ2) is 10.1. The molecular weight excluding hydrogens is 344 g/mol. The normalized spacial score (nSPS) is 10.3. The Morgan fingerprint density at radius 1 is 0.852 bits per heavy atom. The molecule has 142 valence electrons. The first kappa shape index (κ1) is 20.2. The molecule has 0 spiro atoms. The lowest BCUT2D eigenvalue weighted by Crippen LogP contribution is -2.30. The van der Waals surface area contributed by atoms with Gasteiger partial charge >= 0.3 is 5.97 Å². The van der Waals surface area contributed by atoms with Gasteiger partial charge in [0.15, 0.2) is 0 Å². The molecule has 0 heterocycles. The van der Waals surface area contributed by atoms with Crippen molar-refractivity contribution in [2.75, 3.05) is 11.9 Å². The van der Waals surface area contributed by atoms with E-state index in [9.17, 15) is 14.4 Å². The molecule has 0 aromatic heterocycles. The van der Waals surface area contributed by atoms with Gasteiger partial charge in [0.2, 0.25) is 11.8 Å². The molecule has 0 saturated heterocycles. The number of aryl methyl sites for hydroxylation is 2. The van der Waals surface area contributed by atoms with E-state index in [1.807, 2.05) is 0 Å². The zero-order valence-electron chi connectivity index (χ0n) is 15.3. The van der Waals surface area contributed by atoms with Crippen LogP contribution in [0.15, 0.2) is 48.5 Å². The largest absolute Gasteiger partial charge is 0.480 e. The van der Waals surface area contributed by atoms with Crippen LogP contribution in [0.25, 0.3) is 0 Å². The Hall–Kier alpha value is -3.15. The monoisotopic (exact) mass is 368 g/mol. The van der Waals surface area contributed by atoms with Crippen LogP contribution in [0.1, 0.15) is 30.0 Å². The SMILES string of the molecule is CCc1ccc(CCC(=O)Nc2ccc(CC(=O)NCC(=O)O)cc2)cc1. The van der Waals surface area contributed by atoms with Crippen molar-refractivity contribution >= 4 is 23.5 Å². The van der Waals surface area contributed by atoms with Crippen LogP contribution in [-0.2, 0) is 33.6 Å². The molecule has 6 nitrogen and oxygen atoms in total. The van der Waals surface area contributed by atoms with Gasteiger partial charge in [-0.3, -0.25) is 14.4 Å². The third-order valence-electron chi connectivity index (χ3n) is 4.11. The van der Waals surface area contributed by atoms with Gasteiger partial charge in [0, 0.05) is 12.1 Å². The highest BCUT2D eigenvalue weighted by Crippen LogP contribution is 2.12. The van der Waals surface area contributed by atoms with E-state index in [1.165, 1.54) is 5.56 Å². The summed E-state index contributed by atoms with van der Waals surface area (Å²) < 4.78 is 0. The predicted octanol–water partition coefficient (Wildman–Crippen LogP) is 2.56. The van der Waals surface area contributed by atoms with Gasteiger partial charge in [0.05, 0.1) is 6.42 Å². The summed E-state index contributed by atoms with van der Waals surface area (Å²) in [5.41, 5.74) is 3.81. The van der Waals surface area contributed by atoms with Gasteiger partial charge in [-0.2, -0.15) is 0 Å². The lowest BCUT2D eigenvalue weighted by molar-refractivity contribution is -0.137. The number of hydrogen-bond donors (Lipinski definition) is 3. The molecule has 0 aliphatic heterocycles. The van der Waals surface area contributed by atoms with Crippen molar-refractivity contribution in [3.63, 3.8) is 0 Å². The van der Waals surface area contributed by atoms with Crippen LogP contribution in [0.5, 0.6) is 0 Å². The molecule has 0 radical (unpaired) electrons. The summed E-state index contributed by atoms with van der Waals surface area (Å²) >= 11 is 0. The average molecular weight is 368 g/mol. The fraction of sp³-hybridized carbons (Fsp3) is 0.286. The molecule has 2 amide bonds. The van der Waals surface area contributed by atoms with Gasteiger partial charge < -0.3 is 15.7 Å². The Bertz CT molecular complexity index is 783. The molecule has 0 unspecified atom stereocenters. The first-order chi connectivity index (χ1) is 13.0. The second-order valence-corrected chi connectivity index (χ2v) is 6.26. The fourth-order valence-electron chi connectivity index (χ4n) is 2.55. The second-order valence-electron chi connectivity index (χ2n) is 6.26. The van der Waals surface area contributed by atoms with Crippen LogP contribution in [0, 0.1) is 0 Å². The number of carbonyl (C=O) groups is 3. The van der Waals surface area contributed by atoms with Crippen molar-refractivity contribution in [1.29, 1.82) is 0 Å². The van der Waals surface area contributed by atoms with Crippen LogP contribution >= 0.6 is 0 Å². The van der Waals surface area contributed by atoms with E-state index < -0.39 is 12.5 Å².